The fraction of sp³-hybridized carbons (Fsp3) is 0.947. The Kier molecular flexibility index (Phi) is 12.1. The molecular weight excluding hydrogens is 457 g/mol. The zero-order chi connectivity index (χ0) is 18.8. The van der Waals surface area contributed by atoms with Crippen LogP contribution in [-0.2, 0) is 9.47 Å². The van der Waals surface area contributed by atoms with Crippen LogP contribution in [0.15, 0.2) is 4.99 Å². The highest BCUT2D eigenvalue weighted by molar-refractivity contribution is 14.0. The molecule has 7 nitrogen and oxygen atoms in total. The summed E-state index contributed by atoms with van der Waals surface area (Å²) in [5.41, 5.74) is 0.0456. The van der Waals surface area contributed by atoms with Gasteiger partial charge in [-0.15, -0.1) is 24.0 Å². The zero-order valence-electron chi connectivity index (χ0n) is 17.6. The summed E-state index contributed by atoms with van der Waals surface area (Å²) in [6.07, 6.45) is 2.52. The van der Waals surface area contributed by atoms with Gasteiger partial charge in [-0.3, -0.25) is 14.8 Å². The second-order valence-electron chi connectivity index (χ2n) is 7.81. The van der Waals surface area contributed by atoms with E-state index in [1.165, 1.54) is 19.4 Å². The average Bonchev–Trinajstić information content (AvgIpc) is 3.10. The van der Waals surface area contributed by atoms with Crippen molar-refractivity contribution in [1.29, 1.82) is 0 Å². The first-order valence-electron chi connectivity index (χ1n) is 10.1. The molecule has 0 aliphatic carbocycles. The van der Waals surface area contributed by atoms with Crippen LogP contribution in [0.4, 0.5) is 0 Å². The summed E-state index contributed by atoms with van der Waals surface area (Å²) < 4.78 is 10.7. The number of morpholine rings is 1. The van der Waals surface area contributed by atoms with E-state index in [2.05, 4.69) is 41.2 Å². The van der Waals surface area contributed by atoms with Crippen LogP contribution in [0.5, 0.6) is 0 Å². The molecule has 0 saturated carbocycles. The van der Waals surface area contributed by atoms with Gasteiger partial charge in [-0.1, -0.05) is 0 Å². The molecule has 0 bridgehead atoms. The van der Waals surface area contributed by atoms with Crippen LogP contribution in [0, 0.1) is 0 Å². The Morgan fingerprint density at radius 1 is 1.22 bits per heavy atom. The second-order valence-corrected chi connectivity index (χ2v) is 7.81. The maximum absolute atomic E-state index is 5.48. The number of rotatable bonds is 9. The predicted octanol–water partition coefficient (Wildman–Crippen LogP) is 1.38. The lowest BCUT2D eigenvalue weighted by Gasteiger charge is -2.40. The van der Waals surface area contributed by atoms with Gasteiger partial charge in [-0.25, -0.2) is 0 Å². The maximum atomic E-state index is 5.48. The molecule has 0 aromatic carbocycles. The summed E-state index contributed by atoms with van der Waals surface area (Å²) in [6.45, 7) is 15.9. The van der Waals surface area contributed by atoms with E-state index in [9.17, 15) is 0 Å². The highest BCUT2D eigenvalue weighted by Crippen LogP contribution is 2.17. The van der Waals surface area contributed by atoms with Crippen molar-refractivity contribution in [3.05, 3.63) is 0 Å². The molecule has 0 aromatic heterocycles. The van der Waals surface area contributed by atoms with Gasteiger partial charge in [-0.2, -0.15) is 0 Å². The van der Waals surface area contributed by atoms with Crippen LogP contribution in [0.3, 0.4) is 0 Å². The summed E-state index contributed by atoms with van der Waals surface area (Å²) in [5, 5.41) is 6.95. The Balaban J connectivity index is 0.00000364. The Morgan fingerprint density at radius 2 is 1.96 bits per heavy atom. The van der Waals surface area contributed by atoms with Gasteiger partial charge in [0.2, 0.25) is 0 Å². The average molecular weight is 497 g/mol. The molecule has 0 amide bonds. The largest absolute Gasteiger partial charge is 0.383 e. The molecule has 2 N–H and O–H groups in total. The SMILES string of the molecule is CCNC(=NCC(C)(C)N1CCOCC1)NCC1CCCN1CCOC.I. The minimum atomic E-state index is 0. The van der Waals surface area contributed by atoms with Crippen LogP contribution in [0.2, 0.25) is 0 Å². The summed E-state index contributed by atoms with van der Waals surface area (Å²) in [6, 6.07) is 0.571. The Hall–Kier alpha value is -0.160. The summed E-state index contributed by atoms with van der Waals surface area (Å²) >= 11 is 0. The van der Waals surface area contributed by atoms with E-state index in [4.69, 9.17) is 14.5 Å². The quantitative estimate of drug-likeness (QED) is 0.285. The fourth-order valence-corrected chi connectivity index (χ4v) is 3.73. The van der Waals surface area contributed by atoms with Gasteiger partial charge in [0, 0.05) is 51.4 Å². The number of halogens is 1. The van der Waals surface area contributed by atoms with Crippen molar-refractivity contribution in [1.82, 2.24) is 20.4 Å². The van der Waals surface area contributed by atoms with Gasteiger partial charge < -0.3 is 20.1 Å². The number of hydrogen-bond donors (Lipinski definition) is 2. The van der Waals surface area contributed by atoms with Gasteiger partial charge in [0.1, 0.15) is 0 Å². The molecule has 8 heteroatoms. The molecule has 2 aliphatic heterocycles. The summed E-state index contributed by atoms with van der Waals surface area (Å²) in [4.78, 5) is 9.88. The first-order valence-corrected chi connectivity index (χ1v) is 10.1. The lowest BCUT2D eigenvalue weighted by Crippen LogP contribution is -2.52. The topological polar surface area (TPSA) is 61.4 Å². The number of likely N-dealkylation sites (tertiary alicyclic amines) is 1. The molecule has 160 valence electrons. The number of methoxy groups -OCH3 is 1. The van der Waals surface area contributed by atoms with Crippen molar-refractivity contribution in [2.24, 2.45) is 4.99 Å². The molecule has 0 spiro atoms. The smallest absolute Gasteiger partial charge is 0.191 e. The van der Waals surface area contributed by atoms with Gasteiger partial charge >= 0.3 is 0 Å². The highest BCUT2D eigenvalue weighted by Gasteiger charge is 2.28. The standard InChI is InChI=1S/C19H39N5O2.HI/c1-5-20-18(21-15-17-7-6-8-23(17)9-12-25-4)22-16-19(2,3)24-10-13-26-14-11-24;/h17H,5-16H2,1-4H3,(H2,20,21,22);1H. The molecule has 0 aromatic rings. The van der Waals surface area contributed by atoms with Crippen molar-refractivity contribution < 1.29 is 9.47 Å². The number of hydrogen-bond acceptors (Lipinski definition) is 5. The minimum Gasteiger partial charge on any atom is -0.383 e. The minimum absolute atomic E-state index is 0. The van der Waals surface area contributed by atoms with Gasteiger partial charge in [0.25, 0.3) is 0 Å². The number of nitrogens with one attached hydrogen (secondary N) is 2. The van der Waals surface area contributed by atoms with Crippen LogP contribution in [0.1, 0.15) is 33.6 Å². The normalized spacial score (nSPS) is 22.5. The number of nitrogens with zero attached hydrogens (tertiary/aromatic N) is 3. The van der Waals surface area contributed by atoms with Crippen molar-refractivity contribution in [3.63, 3.8) is 0 Å². The van der Waals surface area contributed by atoms with Gasteiger partial charge in [0.15, 0.2) is 5.96 Å². The van der Waals surface area contributed by atoms with Crippen LogP contribution < -0.4 is 10.6 Å². The van der Waals surface area contributed by atoms with E-state index in [0.29, 0.717) is 6.04 Å². The fourth-order valence-electron chi connectivity index (χ4n) is 3.73. The first-order chi connectivity index (χ1) is 12.6. The van der Waals surface area contributed by atoms with Crippen molar-refractivity contribution in [3.8, 4) is 0 Å². The van der Waals surface area contributed by atoms with Crippen LogP contribution in [-0.4, -0.2) is 100 Å². The maximum Gasteiger partial charge on any atom is 0.191 e. The van der Waals surface area contributed by atoms with Crippen LogP contribution >= 0.6 is 24.0 Å². The summed E-state index contributed by atoms with van der Waals surface area (Å²) in [5.74, 6) is 0.924. The molecule has 2 aliphatic rings. The first kappa shape index (κ1) is 24.9. The Morgan fingerprint density at radius 3 is 2.63 bits per heavy atom. The van der Waals surface area contributed by atoms with E-state index >= 15 is 0 Å². The monoisotopic (exact) mass is 497 g/mol. The van der Waals surface area contributed by atoms with E-state index in [1.807, 2.05) is 0 Å². The molecule has 1 unspecified atom stereocenters. The van der Waals surface area contributed by atoms with E-state index in [1.54, 1.807) is 7.11 Å². The molecule has 2 rings (SSSR count). The van der Waals surface area contributed by atoms with Crippen molar-refractivity contribution in [2.45, 2.75) is 45.2 Å². The predicted molar refractivity (Wildman–Crippen MR) is 122 cm³/mol. The lowest BCUT2D eigenvalue weighted by atomic mass is 10.0. The highest BCUT2D eigenvalue weighted by atomic mass is 127. The lowest BCUT2D eigenvalue weighted by molar-refractivity contribution is -0.00684. The molecule has 0 radical (unpaired) electrons. The van der Waals surface area contributed by atoms with Crippen molar-refractivity contribution >= 4 is 29.9 Å². The zero-order valence-corrected chi connectivity index (χ0v) is 20.0. The molecule has 27 heavy (non-hydrogen) atoms. The van der Waals surface area contributed by atoms with Crippen LogP contribution in [0.25, 0.3) is 0 Å². The van der Waals surface area contributed by atoms with E-state index < -0.39 is 0 Å². The number of guanidine groups is 1. The third-order valence-electron chi connectivity index (χ3n) is 5.42. The third-order valence-corrected chi connectivity index (χ3v) is 5.42. The molecule has 2 heterocycles. The number of ether oxygens (including phenoxy) is 2. The molecule has 2 saturated heterocycles. The second kappa shape index (κ2) is 13.1. The van der Waals surface area contributed by atoms with Gasteiger partial charge in [-0.05, 0) is 40.2 Å². The third kappa shape index (κ3) is 8.39. The Labute approximate surface area is 182 Å². The van der Waals surface area contributed by atoms with E-state index in [0.717, 1.165) is 65.0 Å². The van der Waals surface area contributed by atoms with Gasteiger partial charge in [0.05, 0.1) is 26.4 Å². The van der Waals surface area contributed by atoms with Crippen molar-refractivity contribution in [2.75, 3.05) is 72.7 Å². The molecule has 2 fully saturated rings. The van der Waals surface area contributed by atoms with E-state index in [-0.39, 0.29) is 29.5 Å². The molecular formula is C19H40IN5O2. The number of aliphatic imine (C=N–C) groups is 1. The Bertz CT molecular complexity index is 430. The summed E-state index contributed by atoms with van der Waals surface area (Å²) in [7, 11) is 1.77. The molecule has 1 atom stereocenters.